The van der Waals surface area contributed by atoms with Crippen LogP contribution in [0.2, 0.25) is 0 Å². The zero-order valence-electron chi connectivity index (χ0n) is 14.2. The van der Waals surface area contributed by atoms with Crippen molar-refractivity contribution in [3.8, 4) is 0 Å². The molecule has 1 atom stereocenters. The molecule has 1 aliphatic rings. The Labute approximate surface area is 142 Å². The summed E-state index contributed by atoms with van der Waals surface area (Å²) >= 11 is 0. The van der Waals surface area contributed by atoms with Gasteiger partial charge >= 0.3 is 6.03 Å². The quantitative estimate of drug-likeness (QED) is 0.929. The van der Waals surface area contributed by atoms with E-state index < -0.39 is 0 Å². The van der Waals surface area contributed by atoms with E-state index in [9.17, 15) is 4.79 Å². The van der Waals surface area contributed by atoms with E-state index in [1.54, 1.807) is 17.1 Å². The summed E-state index contributed by atoms with van der Waals surface area (Å²) in [6.07, 6.45) is 8.21. The van der Waals surface area contributed by atoms with Gasteiger partial charge in [0.1, 0.15) is 0 Å². The fourth-order valence-corrected chi connectivity index (χ4v) is 3.00. The number of urea groups is 1. The van der Waals surface area contributed by atoms with Gasteiger partial charge in [0, 0.05) is 63.1 Å². The van der Waals surface area contributed by atoms with E-state index in [0.29, 0.717) is 0 Å². The molecule has 1 unspecified atom stereocenters. The van der Waals surface area contributed by atoms with Crippen molar-refractivity contribution in [1.29, 1.82) is 0 Å². The summed E-state index contributed by atoms with van der Waals surface area (Å²) in [5.74, 6) is 0. The van der Waals surface area contributed by atoms with Gasteiger partial charge in [-0.05, 0) is 18.6 Å². The maximum Gasteiger partial charge on any atom is 0.318 e. The van der Waals surface area contributed by atoms with E-state index in [1.807, 2.05) is 36.5 Å². The van der Waals surface area contributed by atoms with Crippen molar-refractivity contribution in [2.75, 3.05) is 31.1 Å². The zero-order chi connectivity index (χ0) is 16.9. The smallest absolute Gasteiger partial charge is 0.318 e. The Morgan fingerprint density at radius 1 is 1.25 bits per heavy atom. The number of carbonyl (C=O) groups excluding carboxylic acids is 1. The lowest BCUT2D eigenvalue weighted by Gasteiger charge is -2.36. The summed E-state index contributed by atoms with van der Waals surface area (Å²) in [7, 11) is 1.89. The second kappa shape index (κ2) is 7.33. The number of nitrogens with zero attached hydrogens (tertiary/aromatic N) is 5. The normalized spacial score (nSPS) is 16.1. The second-order valence-electron chi connectivity index (χ2n) is 6.04. The maximum absolute atomic E-state index is 12.5. The van der Waals surface area contributed by atoms with Gasteiger partial charge in [0.15, 0.2) is 0 Å². The molecular weight excluding hydrogens is 304 g/mol. The van der Waals surface area contributed by atoms with Crippen molar-refractivity contribution in [1.82, 2.24) is 25.0 Å². The fourth-order valence-electron chi connectivity index (χ4n) is 3.00. The highest BCUT2D eigenvalue weighted by molar-refractivity contribution is 5.75. The van der Waals surface area contributed by atoms with Crippen LogP contribution in [-0.4, -0.2) is 51.9 Å². The third-order valence-corrected chi connectivity index (χ3v) is 4.43. The number of piperazine rings is 1. The van der Waals surface area contributed by atoms with Crippen molar-refractivity contribution in [3.05, 3.63) is 42.5 Å². The molecule has 7 nitrogen and oxygen atoms in total. The second-order valence-corrected chi connectivity index (χ2v) is 6.04. The number of anilines is 1. The van der Waals surface area contributed by atoms with Gasteiger partial charge in [-0.15, -0.1) is 0 Å². The minimum atomic E-state index is 0.0000754. The van der Waals surface area contributed by atoms with Crippen LogP contribution in [0.1, 0.15) is 24.9 Å². The first-order valence-corrected chi connectivity index (χ1v) is 8.36. The predicted octanol–water partition coefficient (Wildman–Crippen LogP) is 1.80. The summed E-state index contributed by atoms with van der Waals surface area (Å²) in [5.41, 5.74) is 2.20. The van der Waals surface area contributed by atoms with Crippen LogP contribution in [0, 0.1) is 0 Å². The number of hydrogen-bond donors (Lipinski definition) is 1. The van der Waals surface area contributed by atoms with Crippen molar-refractivity contribution in [3.63, 3.8) is 0 Å². The lowest BCUT2D eigenvalue weighted by atomic mass is 10.1. The Morgan fingerprint density at radius 3 is 2.54 bits per heavy atom. The molecule has 1 aliphatic heterocycles. The molecule has 0 saturated carbocycles. The molecule has 24 heavy (non-hydrogen) atoms. The molecule has 1 saturated heterocycles. The van der Waals surface area contributed by atoms with Crippen molar-refractivity contribution >= 4 is 11.7 Å². The number of pyridine rings is 1. The Bertz CT molecular complexity index is 663. The predicted molar refractivity (Wildman–Crippen MR) is 92.8 cm³/mol. The lowest BCUT2D eigenvalue weighted by Crippen LogP contribution is -2.52. The molecule has 128 valence electrons. The summed E-state index contributed by atoms with van der Waals surface area (Å²) in [4.78, 5) is 20.8. The summed E-state index contributed by atoms with van der Waals surface area (Å²) in [6, 6.07) is 4.01. The Balaban J connectivity index is 1.55. The molecule has 2 aromatic heterocycles. The summed E-state index contributed by atoms with van der Waals surface area (Å²) in [5, 5.41) is 7.31. The zero-order valence-corrected chi connectivity index (χ0v) is 14.2. The van der Waals surface area contributed by atoms with Gasteiger partial charge in [-0.25, -0.2) is 4.79 Å². The number of nitrogens with one attached hydrogen (secondary N) is 1. The Morgan fingerprint density at radius 2 is 1.96 bits per heavy atom. The van der Waals surface area contributed by atoms with Gasteiger partial charge in [0.05, 0.1) is 12.2 Å². The van der Waals surface area contributed by atoms with Gasteiger partial charge in [-0.2, -0.15) is 5.10 Å². The van der Waals surface area contributed by atoms with Crippen LogP contribution < -0.4 is 10.2 Å². The largest absolute Gasteiger partial charge is 0.368 e. The molecule has 3 heterocycles. The fraction of sp³-hybridized carbons (Fsp3) is 0.471. The van der Waals surface area contributed by atoms with Crippen molar-refractivity contribution in [2.24, 2.45) is 7.05 Å². The van der Waals surface area contributed by atoms with Crippen LogP contribution in [0.15, 0.2) is 36.9 Å². The molecule has 0 aromatic carbocycles. The Hall–Kier alpha value is -2.57. The van der Waals surface area contributed by atoms with Crippen molar-refractivity contribution < 1.29 is 4.79 Å². The lowest BCUT2D eigenvalue weighted by molar-refractivity contribution is 0.190. The average molecular weight is 328 g/mol. The van der Waals surface area contributed by atoms with E-state index in [4.69, 9.17) is 0 Å². The third-order valence-electron chi connectivity index (χ3n) is 4.43. The highest BCUT2D eigenvalue weighted by atomic mass is 16.2. The molecule has 1 N–H and O–H groups in total. The van der Waals surface area contributed by atoms with E-state index in [-0.39, 0.29) is 12.1 Å². The first-order valence-electron chi connectivity index (χ1n) is 8.36. The number of amides is 2. The SMILES string of the molecule is CCC(NC(=O)N1CCN(c2ccncc2)CC1)c1cnn(C)c1. The number of hydrogen-bond acceptors (Lipinski definition) is 4. The molecule has 1 fully saturated rings. The molecule has 0 radical (unpaired) electrons. The molecule has 3 rings (SSSR count). The monoisotopic (exact) mass is 328 g/mol. The van der Waals surface area contributed by atoms with E-state index in [1.165, 1.54) is 0 Å². The number of carbonyl (C=O) groups is 1. The number of rotatable bonds is 4. The van der Waals surface area contributed by atoms with Crippen LogP contribution >= 0.6 is 0 Å². The molecule has 0 bridgehead atoms. The van der Waals surface area contributed by atoms with Gasteiger partial charge in [-0.3, -0.25) is 9.67 Å². The van der Waals surface area contributed by atoms with Gasteiger partial charge in [-0.1, -0.05) is 6.92 Å². The van der Waals surface area contributed by atoms with Gasteiger partial charge in [0.2, 0.25) is 0 Å². The van der Waals surface area contributed by atoms with Crippen LogP contribution in [0.4, 0.5) is 10.5 Å². The van der Waals surface area contributed by atoms with Gasteiger partial charge < -0.3 is 15.1 Å². The summed E-state index contributed by atoms with van der Waals surface area (Å²) < 4.78 is 1.76. The minimum absolute atomic E-state index is 0.0000754. The standard InChI is InChI=1S/C17H24N6O/c1-3-16(14-12-19-21(2)13-14)20-17(24)23-10-8-22(9-11-23)15-4-6-18-7-5-15/h4-7,12-13,16H,3,8-11H2,1-2H3,(H,20,24). The molecular formula is C17H24N6O. The molecule has 7 heteroatoms. The average Bonchev–Trinajstić information content (AvgIpc) is 3.06. The minimum Gasteiger partial charge on any atom is -0.368 e. The van der Waals surface area contributed by atoms with Crippen LogP contribution in [0.25, 0.3) is 0 Å². The van der Waals surface area contributed by atoms with E-state index in [0.717, 1.165) is 43.9 Å². The topological polar surface area (TPSA) is 66.3 Å². The molecule has 0 aliphatic carbocycles. The first-order chi connectivity index (χ1) is 11.7. The maximum atomic E-state index is 12.5. The first kappa shape index (κ1) is 16.3. The Kier molecular flexibility index (Phi) is 4.98. The highest BCUT2D eigenvalue weighted by Crippen LogP contribution is 2.18. The van der Waals surface area contributed by atoms with E-state index >= 15 is 0 Å². The number of aryl methyl sites for hydroxylation is 1. The van der Waals surface area contributed by atoms with Gasteiger partial charge in [0.25, 0.3) is 0 Å². The van der Waals surface area contributed by atoms with Crippen LogP contribution in [-0.2, 0) is 7.05 Å². The van der Waals surface area contributed by atoms with E-state index in [2.05, 4.69) is 27.2 Å². The molecule has 2 aromatic rings. The molecule has 0 spiro atoms. The number of aromatic nitrogens is 3. The van der Waals surface area contributed by atoms with Crippen LogP contribution in [0.5, 0.6) is 0 Å². The summed E-state index contributed by atoms with van der Waals surface area (Å²) in [6.45, 7) is 5.18. The third kappa shape index (κ3) is 3.67. The highest BCUT2D eigenvalue weighted by Gasteiger charge is 2.23. The van der Waals surface area contributed by atoms with Crippen molar-refractivity contribution in [2.45, 2.75) is 19.4 Å². The van der Waals surface area contributed by atoms with Crippen LogP contribution in [0.3, 0.4) is 0 Å². The molecule has 2 amide bonds.